The van der Waals surface area contributed by atoms with Gasteiger partial charge in [0.25, 0.3) is 0 Å². The average Bonchev–Trinajstić information content (AvgIpc) is 2.87. The molecule has 1 heterocycles. The van der Waals surface area contributed by atoms with Crippen molar-refractivity contribution >= 4 is 5.82 Å². The summed E-state index contributed by atoms with van der Waals surface area (Å²) >= 11 is 0. The number of hydrogen-bond acceptors (Lipinski definition) is 3. The van der Waals surface area contributed by atoms with Crippen LogP contribution < -0.4 is 0 Å². The minimum absolute atomic E-state index is 0.130. The molecule has 5 nitrogen and oxygen atoms in total. The highest BCUT2D eigenvalue weighted by atomic mass is 16.6. The Labute approximate surface area is 125 Å². The lowest BCUT2D eigenvalue weighted by molar-refractivity contribution is -0.390. The third kappa shape index (κ3) is 2.83. The quantitative estimate of drug-likeness (QED) is 0.611. The van der Waals surface area contributed by atoms with Crippen LogP contribution in [0.15, 0.2) is 0 Å². The zero-order chi connectivity index (χ0) is 14.8. The highest BCUT2D eigenvalue weighted by Gasteiger charge is 2.35. The molecule has 2 fully saturated rings. The van der Waals surface area contributed by atoms with Crippen LogP contribution in [-0.2, 0) is 7.05 Å². The van der Waals surface area contributed by atoms with Crippen LogP contribution in [0.2, 0.25) is 0 Å². The molecule has 0 amide bonds. The van der Waals surface area contributed by atoms with Crippen molar-refractivity contribution in [2.24, 2.45) is 7.05 Å². The SMILES string of the molecule is Cn1c(C2CCCCC2)nc([N+](=O)[O-])c1C1CCCCC1. The zero-order valence-electron chi connectivity index (χ0n) is 12.9. The number of nitro groups is 1. The molecule has 0 unspecified atom stereocenters. The molecular weight excluding hydrogens is 266 g/mol. The van der Waals surface area contributed by atoms with E-state index >= 15 is 0 Å². The number of aromatic nitrogens is 2. The van der Waals surface area contributed by atoms with Gasteiger partial charge in [-0.2, -0.15) is 0 Å². The number of hydrogen-bond donors (Lipinski definition) is 0. The van der Waals surface area contributed by atoms with Gasteiger partial charge in [-0.3, -0.25) is 0 Å². The second-order valence-corrected chi connectivity index (χ2v) is 6.66. The molecule has 2 aliphatic rings. The fourth-order valence-corrected chi connectivity index (χ4v) is 4.21. The number of imidazole rings is 1. The first kappa shape index (κ1) is 14.5. The van der Waals surface area contributed by atoms with Gasteiger partial charge in [0.1, 0.15) is 5.69 Å². The lowest BCUT2D eigenvalue weighted by Gasteiger charge is -2.22. The Bertz CT molecular complexity index is 512. The van der Waals surface area contributed by atoms with E-state index in [-0.39, 0.29) is 10.7 Å². The third-order valence-electron chi connectivity index (χ3n) is 5.29. The lowest BCUT2D eigenvalue weighted by Crippen LogP contribution is -2.14. The van der Waals surface area contributed by atoms with Crippen molar-refractivity contribution in [2.75, 3.05) is 0 Å². The molecule has 116 valence electrons. The molecule has 0 aromatic carbocycles. The van der Waals surface area contributed by atoms with Gasteiger partial charge in [-0.05, 0) is 35.6 Å². The number of nitrogens with zero attached hydrogens (tertiary/aromatic N) is 3. The summed E-state index contributed by atoms with van der Waals surface area (Å²) in [6.07, 6.45) is 11.8. The standard InChI is InChI=1S/C16H25N3O2/c1-18-14(12-8-4-2-5-9-12)16(19(20)21)17-15(18)13-10-6-3-7-11-13/h12-13H,2-11H2,1H3. The Morgan fingerprint density at radius 3 is 2.05 bits per heavy atom. The molecule has 0 saturated heterocycles. The Morgan fingerprint density at radius 1 is 1.00 bits per heavy atom. The van der Waals surface area contributed by atoms with Crippen molar-refractivity contribution in [1.82, 2.24) is 9.55 Å². The van der Waals surface area contributed by atoms with Gasteiger partial charge in [-0.25, -0.2) is 0 Å². The van der Waals surface area contributed by atoms with Gasteiger partial charge in [0, 0.05) is 18.9 Å². The Morgan fingerprint density at radius 2 is 1.52 bits per heavy atom. The van der Waals surface area contributed by atoms with Crippen molar-refractivity contribution < 1.29 is 4.92 Å². The molecule has 0 spiro atoms. The zero-order valence-corrected chi connectivity index (χ0v) is 12.9. The van der Waals surface area contributed by atoms with E-state index in [0.717, 1.165) is 37.2 Å². The van der Waals surface area contributed by atoms with E-state index in [4.69, 9.17) is 0 Å². The van der Waals surface area contributed by atoms with Crippen LogP contribution in [0.3, 0.4) is 0 Å². The molecular formula is C16H25N3O2. The fraction of sp³-hybridized carbons (Fsp3) is 0.812. The van der Waals surface area contributed by atoms with Crippen molar-refractivity contribution in [3.63, 3.8) is 0 Å². The van der Waals surface area contributed by atoms with E-state index in [1.165, 1.54) is 38.5 Å². The van der Waals surface area contributed by atoms with Gasteiger partial charge in [0.05, 0.1) is 0 Å². The van der Waals surface area contributed by atoms with Crippen molar-refractivity contribution in [1.29, 1.82) is 0 Å². The average molecular weight is 291 g/mol. The molecule has 0 atom stereocenters. The van der Waals surface area contributed by atoms with Crippen molar-refractivity contribution in [3.8, 4) is 0 Å². The summed E-state index contributed by atoms with van der Waals surface area (Å²) < 4.78 is 2.07. The molecule has 1 aromatic heterocycles. The van der Waals surface area contributed by atoms with Gasteiger partial charge in [-0.1, -0.05) is 38.5 Å². The second-order valence-electron chi connectivity index (χ2n) is 6.66. The second kappa shape index (κ2) is 6.16. The van der Waals surface area contributed by atoms with E-state index < -0.39 is 0 Å². The summed E-state index contributed by atoms with van der Waals surface area (Å²) in [4.78, 5) is 15.6. The Hall–Kier alpha value is -1.39. The topological polar surface area (TPSA) is 61.0 Å². The van der Waals surface area contributed by atoms with E-state index in [1.54, 1.807) is 0 Å². The first-order valence-corrected chi connectivity index (χ1v) is 8.39. The van der Waals surface area contributed by atoms with Gasteiger partial charge < -0.3 is 14.7 Å². The molecule has 2 aliphatic carbocycles. The molecule has 1 aromatic rings. The van der Waals surface area contributed by atoms with Crippen LogP contribution in [0, 0.1) is 10.1 Å². The first-order valence-electron chi connectivity index (χ1n) is 8.39. The van der Waals surface area contributed by atoms with Crippen LogP contribution in [-0.4, -0.2) is 14.5 Å². The summed E-state index contributed by atoms with van der Waals surface area (Å²) in [7, 11) is 1.99. The summed E-state index contributed by atoms with van der Waals surface area (Å²) in [5, 5.41) is 11.4. The summed E-state index contributed by atoms with van der Waals surface area (Å²) in [5.74, 6) is 1.83. The molecule has 21 heavy (non-hydrogen) atoms. The predicted octanol–water partition coefficient (Wildman–Crippen LogP) is 4.42. The molecule has 0 bridgehead atoms. The maximum absolute atomic E-state index is 11.4. The minimum atomic E-state index is -0.268. The maximum Gasteiger partial charge on any atom is 0.385 e. The molecule has 5 heteroatoms. The Balaban J connectivity index is 1.96. The molecule has 0 radical (unpaired) electrons. The van der Waals surface area contributed by atoms with Crippen molar-refractivity contribution in [3.05, 3.63) is 21.6 Å². The molecule has 2 saturated carbocycles. The summed E-state index contributed by atoms with van der Waals surface area (Å²) in [5.41, 5.74) is 0.889. The molecule has 0 aliphatic heterocycles. The van der Waals surface area contributed by atoms with Gasteiger partial charge in [0.15, 0.2) is 0 Å². The first-order chi connectivity index (χ1) is 10.2. The third-order valence-corrected chi connectivity index (χ3v) is 5.29. The maximum atomic E-state index is 11.4. The van der Waals surface area contributed by atoms with Crippen LogP contribution >= 0.6 is 0 Å². The largest absolute Gasteiger partial charge is 0.385 e. The normalized spacial score (nSPS) is 21.6. The molecule has 0 N–H and O–H groups in total. The van der Waals surface area contributed by atoms with Gasteiger partial charge >= 0.3 is 5.82 Å². The smallest absolute Gasteiger partial charge is 0.358 e. The van der Waals surface area contributed by atoms with Gasteiger partial charge in [-0.15, -0.1) is 0 Å². The monoisotopic (exact) mass is 291 g/mol. The highest BCUT2D eigenvalue weighted by molar-refractivity contribution is 5.34. The summed E-state index contributed by atoms with van der Waals surface area (Å²) in [6.45, 7) is 0. The van der Waals surface area contributed by atoms with Gasteiger partial charge in [0.2, 0.25) is 5.82 Å². The van der Waals surface area contributed by atoms with E-state index in [0.29, 0.717) is 11.8 Å². The fourth-order valence-electron chi connectivity index (χ4n) is 4.21. The van der Waals surface area contributed by atoms with Crippen LogP contribution in [0.1, 0.15) is 87.6 Å². The summed E-state index contributed by atoms with van der Waals surface area (Å²) in [6, 6.07) is 0. The van der Waals surface area contributed by atoms with Crippen molar-refractivity contribution in [2.45, 2.75) is 76.0 Å². The predicted molar refractivity (Wildman–Crippen MR) is 81.5 cm³/mol. The Kier molecular flexibility index (Phi) is 4.27. The highest BCUT2D eigenvalue weighted by Crippen LogP contribution is 2.40. The lowest BCUT2D eigenvalue weighted by atomic mass is 9.86. The van der Waals surface area contributed by atoms with Crippen LogP contribution in [0.4, 0.5) is 5.82 Å². The van der Waals surface area contributed by atoms with E-state index in [2.05, 4.69) is 9.55 Å². The van der Waals surface area contributed by atoms with Crippen LogP contribution in [0.5, 0.6) is 0 Å². The van der Waals surface area contributed by atoms with E-state index in [1.807, 2.05) is 7.05 Å². The molecule has 3 rings (SSSR count). The van der Waals surface area contributed by atoms with Crippen LogP contribution in [0.25, 0.3) is 0 Å². The minimum Gasteiger partial charge on any atom is -0.358 e. The number of rotatable bonds is 3. The van der Waals surface area contributed by atoms with E-state index in [9.17, 15) is 10.1 Å².